The first kappa shape index (κ1) is 21.7. The lowest BCUT2D eigenvalue weighted by molar-refractivity contribution is -0.192. The third-order valence-electron chi connectivity index (χ3n) is 3.86. The molecular formula is C19H18BrF3N2O3. The number of nitrogens with zero attached hydrogens (tertiary/aromatic N) is 1. The van der Waals surface area contributed by atoms with Crippen LogP contribution in [0.4, 0.5) is 13.2 Å². The summed E-state index contributed by atoms with van der Waals surface area (Å²) in [5.74, 6) is -1.40. The number of ether oxygens (including phenoxy) is 1. The van der Waals surface area contributed by atoms with Gasteiger partial charge in [0, 0.05) is 10.9 Å². The van der Waals surface area contributed by atoms with Gasteiger partial charge in [0.05, 0.1) is 5.56 Å². The van der Waals surface area contributed by atoms with E-state index >= 15 is 0 Å². The molecule has 1 unspecified atom stereocenters. The molecule has 0 saturated heterocycles. The summed E-state index contributed by atoms with van der Waals surface area (Å²) in [5, 5.41) is 7.12. The minimum atomic E-state index is -5.08. The van der Waals surface area contributed by atoms with Crippen LogP contribution < -0.4 is 10.5 Å². The van der Waals surface area contributed by atoms with Gasteiger partial charge in [-0.05, 0) is 43.2 Å². The molecule has 0 fully saturated rings. The monoisotopic (exact) mass is 458 g/mol. The molecular weight excluding hydrogens is 441 g/mol. The zero-order valence-electron chi connectivity index (χ0n) is 14.8. The number of alkyl halides is 3. The third kappa shape index (κ3) is 5.98. The van der Waals surface area contributed by atoms with E-state index in [-0.39, 0.29) is 0 Å². The number of amidine groups is 1. The molecule has 0 aromatic heterocycles. The van der Waals surface area contributed by atoms with Crippen LogP contribution in [0.25, 0.3) is 0 Å². The molecule has 1 aliphatic rings. The number of nitrogens with two attached hydrogens (primary N) is 1. The molecule has 2 aromatic rings. The van der Waals surface area contributed by atoms with Crippen molar-refractivity contribution in [3.63, 3.8) is 0 Å². The summed E-state index contributed by atoms with van der Waals surface area (Å²) >= 11 is 3.49. The van der Waals surface area contributed by atoms with Crippen molar-refractivity contribution < 1.29 is 27.8 Å². The molecule has 0 amide bonds. The van der Waals surface area contributed by atoms with Crippen LogP contribution in [-0.4, -0.2) is 28.8 Å². The Morgan fingerprint density at radius 1 is 1.25 bits per heavy atom. The van der Waals surface area contributed by atoms with E-state index in [1.807, 2.05) is 43.3 Å². The number of aliphatic carboxylic acids is 1. The van der Waals surface area contributed by atoms with E-state index in [0.29, 0.717) is 5.84 Å². The summed E-state index contributed by atoms with van der Waals surface area (Å²) < 4.78 is 38.9. The molecule has 1 aliphatic heterocycles. The molecule has 0 spiro atoms. The van der Waals surface area contributed by atoms with E-state index < -0.39 is 17.9 Å². The van der Waals surface area contributed by atoms with Gasteiger partial charge in [-0.3, -0.25) is 0 Å². The average Bonchev–Trinajstić information content (AvgIpc) is 2.60. The minimum Gasteiger partial charge on any atom is -0.475 e. The highest BCUT2D eigenvalue weighted by Crippen LogP contribution is 2.32. The van der Waals surface area contributed by atoms with E-state index in [0.717, 1.165) is 28.6 Å². The average molecular weight is 459 g/mol. The molecule has 3 N–H and O–H groups in total. The lowest BCUT2D eigenvalue weighted by Gasteiger charge is -2.32. The Morgan fingerprint density at radius 3 is 2.50 bits per heavy atom. The minimum absolute atomic E-state index is 0.550. The number of fused-ring (bicyclic) bond motifs is 1. The fourth-order valence-corrected chi connectivity index (χ4v) is 2.96. The smallest absolute Gasteiger partial charge is 0.475 e. The number of aryl methyl sites for hydroxylation is 1. The van der Waals surface area contributed by atoms with Crippen LogP contribution >= 0.6 is 15.9 Å². The third-order valence-corrected chi connectivity index (χ3v) is 4.35. The lowest BCUT2D eigenvalue weighted by Crippen LogP contribution is -2.38. The predicted molar refractivity (Wildman–Crippen MR) is 102 cm³/mol. The van der Waals surface area contributed by atoms with Gasteiger partial charge in [-0.1, -0.05) is 40.2 Å². The molecule has 9 heteroatoms. The highest BCUT2D eigenvalue weighted by Gasteiger charge is 2.38. The first-order valence-electron chi connectivity index (χ1n) is 8.18. The van der Waals surface area contributed by atoms with Crippen molar-refractivity contribution in [2.45, 2.75) is 31.7 Å². The summed E-state index contributed by atoms with van der Waals surface area (Å²) in [6, 6.07) is 16.0. The summed E-state index contributed by atoms with van der Waals surface area (Å²) in [7, 11) is 0. The zero-order chi connectivity index (χ0) is 20.9. The maximum Gasteiger partial charge on any atom is 0.490 e. The predicted octanol–water partition coefficient (Wildman–Crippen LogP) is 4.53. The second-order valence-electron chi connectivity index (χ2n) is 6.20. The number of carbonyl (C=O) groups is 1. The molecule has 0 bridgehead atoms. The molecule has 1 heterocycles. The number of halogens is 4. The Bertz CT molecular complexity index is 887. The van der Waals surface area contributed by atoms with Crippen LogP contribution in [-0.2, 0) is 11.2 Å². The second-order valence-corrected chi connectivity index (χ2v) is 7.12. The van der Waals surface area contributed by atoms with Crippen molar-refractivity contribution in [2.24, 2.45) is 10.7 Å². The van der Waals surface area contributed by atoms with Crippen molar-refractivity contribution in [1.82, 2.24) is 0 Å². The number of carboxylic acid groups (broad SMARTS) is 1. The second kappa shape index (κ2) is 8.64. The van der Waals surface area contributed by atoms with Gasteiger partial charge < -0.3 is 15.6 Å². The molecule has 3 rings (SSSR count). The van der Waals surface area contributed by atoms with E-state index in [1.165, 1.54) is 5.56 Å². The normalized spacial score (nSPS) is 18.1. The van der Waals surface area contributed by atoms with Crippen molar-refractivity contribution in [2.75, 3.05) is 0 Å². The first-order chi connectivity index (χ1) is 13.0. The van der Waals surface area contributed by atoms with Crippen LogP contribution in [0.2, 0.25) is 0 Å². The van der Waals surface area contributed by atoms with Gasteiger partial charge in [0.25, 0.3) is 0 Å². The molecule has 150 valence electrons. The number of hydrogen-bond acceptors (Lipinski definition) is 4. The standard InChI is InChI=1S/C17H17BrN2O.C2HF3O2/c1-17(10-9-12-5-4-6-13(18)11-12)20-16(19)14-7-2-3-8-15(14)21-17;3-2(4,5)1(6)7/h2-8,11H,9-10H2,1H3,(H2,19,20);(H,6,7). The van der Waals surface area contributed by atoms with Gasteiger partial charge in [-0.2, -0.15) is 13.2 Å². The van der Waals surface area contributed by atoms with Gasteiger partial charge in [0.2, 0.25) is 0 Å². The number of rotatable bonds is 3. The molecule has 0 radical (unpaired) electrons. The Hall–Kier alpha value is -2.55. The molecule has 2 aromatic carbocycles. The van der Waals surface area contributed by atoms with Crippen LogP contribution in [0.3, 0.4) is 0 Å². The van der Waals surface area contributed by atoms with Gasteiger partial charge in [-0.25, -0.2) is 9.79 Å². The van der Waals surface area contributed by atoms with Crippen LogP contribution in [0.1, 0.15) is 24.5 Å². The van der Waals surface area contributed by atoms with Crippen molar-refractivity contribution in [3.05, 3.63) is 64.1 Å². The summed E-state index contributed by atoms with van der Waals surface area (Å²) in [4.78, 5) is 13.4. The highest BCUT2D eigenvalue weighted by molar-refractivity contribution is 9.10. The SMILES string of the molecule is CC1(CCc2cccc(Br)c2)N=C(N)c2ccccc2O1.O=C(O)C(F)(F)F. The van der Waals surface area contributed by atoms with Crippen molar-refractivity contribution >= 4 is 27.7 Å². The Morgan fingerprint density at radius 2 is 1.89 bits per heavy atom. The number of aliphatic imine (C=N–C) groups is 1. The van der Waals surface area contributed by atoms with Crippen molar-refractivity contribution in [1.29, 1.82) is 0 Å². The van der Waals surface area contributed by atoms with Gasteiger partial charge in [0.1, 0.15) is 11.6 Å². The molecule has 0 saturated carbocycles. The number of para-hydroxylation sites is 1. The molecule has 28 heavy (non-hydrogen) atoms. The zero-order valence-corrected chi connectivity index (χ0v) is 16.4. The summed E-state index contributed by atoms with van der Waals surface area (Å²) in [6.07, 6.45) is -3.42. The largest absolute Gasteiger partial charge is 0.490 e. The van der Waals surface area contributed by atoms with Crippen LogP contribution in [0.15, 0.2) is 58.0 Å². The lowest BCUT2D eigenvalue weighted by atomic mass is 10.0. The van der Waals surface area contributed by atoms with Crippen LogP contribution in [0.5, 0.6) is 5.75 Å². The first-order valence-corrected chi connectivity index (χ1v) is 8.98. The van der Waals surface area contributed by atoms with Gasteiger partial charge >= 0.3 is 12.1 Å². The van der Waals surface area contributed by atoms with E-state index in [1.54, 1.807) is 0 Å². The van der Waals surface area contributed by atoms with Crippen molar-refractivity contribution in [3.8, 4) is 5.75 Å². The molecule has 5 nitrogen and oxygen atoms in total. The quantitative estimate of drug-likeness (QED) is 0.707. The topological polar surface area (TPSA) is 84.9 Å². The maximum absolute atomic E-state index is 10.6. The van der Waals surface area contributed by atoms with E-state index in [9.17, 15) is 13.2 Å². The highest BCUT2D eigenvalue weighted by atomic mass is 79.9. The van der Waals surface area contributed by atoms with Gasteiger partial charge in [-0.15, -0.1) is 0 Å². The van der Waals surface area contributed by atoms with Gasteiger partial charge in [0.15, 0.2) is 5.72 Å². The molecule has 1 atom stereocenters. The van der Waals surface area contributed by atoms with Crippen LogP contribution in [0, 0.1) is 0 Å². The maximum atomic E-state index is 10.6. The number of carboxylic acids is 1. The number of hydrogen-bond donors (Lipinski definition) is 2. The Labute approximate surface area is 168 Å². The Balaban J connectivity index is 0.000000345. The Kier molecular flexibility index (Phi) is 6.71. The summed E-state index contributed by atoms with van der Waals surface area (Å²) in [5.41, 5.74) is 7.59. The van der Waals surface area contributed by atoms with E-state index in [4.69, 9.17) is 20.4 Å². The molecule has 0 aliphatic carbocycles. The number of benzene rings is 2. The fourth-order valence-electron chi connectivity index (χ4n) is 2.52. The summed E-state index contributed by atoms with van der Waals surface area (Å²) in [6.45, 7) is 1.98. The van der Waals surface area contributed by atoms with E-state index in [2.05, 4.69) is 33.1 Å². The fraction of sp³-hybridized carbons (Fsp3) is 0.263.